The summed E-state index contributed by atoms with van der Waals surface area (Å²) in [5.41, 5.74) is 2.17. The monoisotopic (exact) mass is 415 g/mol. The minimum atomic E-state index is -0.177. The van der Waals surface area contributed by atoms with Gasteiger partial charge in [-0.15, -0.1) is 0 Å². The number of thioether (sulfide) groups is 1. The highest BCUT2D eigenvalue weighted by Crippen LogP contribution is 2.23. The number of rotatable bonds is 6. The maximum atomic E-state index is 13.2. The molecule has 28 heavy (non-hydrogen) atoms. The lowest BCUT2D eigenvalue weighted by Gasteiger charge is -2.19. The van der Waals surface area contributed by atoms with E-state index in [2.05, 4.69) is 4.98 Å². The van der Waals surface area contributed by atoms with E-state index in [4.69, 9.17) is 11.6 Å². The minimum Gasteiger partial charge on any atom is -0.343 e. The molecule has 0 atom stereocenters. The molecule has 0 radical (unpaired) electrons. The Bertz CT molecular complexity index is 1060. The van der Waals surface area contributed by atoms with Crippen LogP contribution in [0.3, 0.4) is 0 Å². The molecule has 0 bridgehead atoms. The number of carbonyl (C=O) groups excluding carboxylic acids is 1. The summed E-state index contributed by atoms with van der Waals surface area (Å²) < 4.78 is 1.57. The third-order valence-electron chi connectivity index (χ3n) is 4.53. The fourth-order valence-electron chi connectivity index (χ4n) is 2.95. The average molecular weight is 416 g/mol. The van der Waals surface area contributed by atoms with E-state index in [-0.39, 0.29) is 17.2 Å². The molecule has 0 saturated carbocycles. The Morgan fingerprint density at radius 2 is 1.82 bits per heavy atom. The van der Waals surface area contributed by atoms with Crippen molar-refractivity contribution in [2.45, 2.75) is 25.9 Å². The van der Waals surface area contributed by atoms with E-state index in [9.17, 15) is 9.59 Å². The number of aryl methyl sites for hydroxylation is 1. The SMILES string of the molecule is CCN(CC)C(=O)CSc1nc2cc(Cl)ccc2c(=O)n1-c1ccc(C)cc1. The summed E-state index contributed by atoms with van der Waals surface area (Å²) in [7, 11) is 0. The van der Waals surface area contributed by atoms with Gasteiger partial charge in [0, 0.05) is 18.1 Å². The summed E-state index contributed by atoms with van der Waals surface area (Å²) >= 11 is 7.35. The van der Waals surface area contributed by atoms with Gasteiger partial charge in [0.25, 0.3) is 5.56 Å². The molecular formula is C21H22ClN3O2S. The molecule has 7 heteroatoms. The van der Waals surface area contributed by atoms with E-state index in [0.29, 0.717) is 34.2 Å². The summed E-state index contributed by atoms with van der Waals surface area (Å²) in [4.78, 5) is 32.1. The predicted octanol–water partition coefficient (Wildman–Crippen LogP) is 4.31. The van der Waals surface area contributed by atoms with Crippen LogP contribution in [0.2, 0.25) is 5.02 Å². The van der Waals surface area contributed by atoms with Crippen molar-refractivity contribution in [3.05, 3.63) is 63.4 Å². The number of fused-ring (bicyclic) bond motifs is 1. The van der Waals surface area contributed by atoms with Gasteiger partial charge in [0.1, 0.15) is 0 Å². The average Bonchev–Trinajstić information content (AvgIpc) is 2.68. The summed E-state index contributed by atoms with van der Waals surface area (Å²) in [6, 6.07) is 12.7. The molecule has 1 aromatic heterocycles. The Labute approximate surface area is 173 Å². The summed E-state index contributed by atoms with van der Waals surface area (Å²) in [5.74, 6) is 0.234. The third kappa shape index (κ3) is 4.23. The van der Waals surface area contributed by atoms with Gasteiger partial charge in [-0.25, -0.2) is 4.98 Å². The molecule has 1 amide bonds. The van der Waals surface area contributed by atoms with E-state index in [1.54, 1.807) is 27.7 Å². The van der Waals surface area contributed by atoms with Crippen LogP contribution >= 0.6 is 23.4 Å². The second kappa shape index (κ2) is 8.80. The molecule has 5 nitrogen and oxygen atoms in total. The van der Waals surface area contributed by atoms with Crippen molar-refractivity contribution in [1.82, 2.24) is 14.5 Å². The number of nitrogens with zero attached hydrogens (tertiary/aromatic N) is 3. The lowest BCUT2D eigenvalue weighted by atomic mass is 10.2. The zero-order valence-corrected chi connectivity index (χ0v) is 17.7. The molecule has 3 aromatic rings. The Hall–Kier alpha value is -2.31. The fraction of sp³-hybridized carbons (Fsp3) is 0.286. The third-order valence-corrected chi connectivity index (χ3v) is 5.69. The molecule has 0 aliphatic carbocycles. The first-order chi connectivity index (χ1) is 13.4. The van der Waals surface area contributed by atoms with E-state index in [1.165, 1.54) is 11.8 Å². The zero-order valence-electron chi connectivity index (χ0n) is 16.1. The molecule has 0 unspecified atom stereocenters. The molecule has 0 N–H and O–H groups in total. The van der Waals surface area contributed by atoms with Crippen LogP contribution in [0.25, 0.3) is 16.6 Å². The van der Waals surface area contributed by atoms with Crippen LogP contribution in [0, 0.1) is 6.92 Å². The van der Waals surface area contributed by atoms with Crippen molar-refractivity contribution in [2.75, 3.05) is 18.8 Å². The van der Waals surface area contributed by atoms with Gasteiger partial charge in [-0.1, -0.05) is 41.1 Å². The first kappa shape index (κ1) is 20.4. The second-order valence-electron chi connectivity index (χ2n) is 6.39. The first-order valence-electron chi connectivity index (χ1n) is 9.14. The molecule has 0 spiro atoms. The summed E-state index contributed by atoms with van der Waals surface area (Å²) in [6.07, 6.45) is 0. The molecule has 1 heterocycles. The van der Waals surface area contributed by atoms with Crippen LogP contribution < -0.4 is 5.56 Å². The molecule has 0 saturated heterocycles. The van der Waals surface area contributed by atoms with E-state index in [1.807, 2.05) is 45.0 Å². The topological polar surface area (TPSA) is 55.2 Å². The second-order valence-corrected chi connectivity index (χ2v) is 7.77. The van der Waals surface area contributed by atoms with Crippen molar-refractivity contribution in [3.8, 4) is 5.69 Å². The molecule has 2 aromatic carbocycles. The predicted molar refractivity (Wildman–Crippen MR) is 116 cm³/mol. The van der Waals surface area contributed by atoms with Gasteiger partial charge in [-0.2, -0.15) is 0 Å². The number of aromatic nitrogens is 2. The van der Waals surface area contributed by atoms with Crippen molar-refractivity contribution in [1.29, 1.82) is 0 Å². The lowest BCUT2D eigenvalue weighted by Crippen LogP contribution is -2.32. The smallest absolute Gasteiger partial charge is 0.266 e. The number of carbonyl (C=O) groups is 1. The number of hydrogen-bond acceptors (Lipinski definition) is 4. The summed E-state index contributed by atoms with van der Waals surface area (Å²) in [5, 5.41) is 1.48. The van der Waals surface area contributed by atoms with Crippen molar-refractivity contribution in [2.24, 2.45) is 0 Å². The normalized spacial score (nSPS) is 11.0. The number of halogens is 1. The Balaban J connectivity index is 2.10. The number of hydrogen-bond donors (Lipinski definition) is 0. The molecule has 0 aliphatic rings. The highest BCUT2D eigenvalue weighted by atomic mass is 35.5. The van der Waals surface area contributed by atoms with E-state index in [0.717, 1.165) is 11.3 Å². The van der Waals surface area contributed by atoms with Gasteiger partial charge in [-0.05, 0) is 51.1 Å². The Morgan fingerprint density at radius 3 is 2.46 bits per heavy atom. The van der Waals surface area contributed by atoms with Crippen LogP contribution in [0.4, 0.5) is 0 Å². The zero-order chi connectivity index (χ0) is 20.3. The summed E-state index contributed by atoms with van der Waals surface area (Å²) in [6.45, 7) is 7.20. The number of benzene rings is 2. The van der Waals surface area contributed by atoms with Gasteiger partial charge in [-0.3, -0.25) is 14.2 Å². The highest BCUT2D eigenvalue weighted by Gasteiger charge is 2.17. The van der Waals surface area contributed by atoms with E-state index < -0.39 is 0 Å². The van der Waals surface area contributed by atoms with Crippen molar-refractivity contribution in [3.63, 3.8) is 0 Å². The number of amides is 1. The molecular weight excluding hydrogens is 394 g/mol. The highest BCUT2D eigenvalue weighted by molar-refractivity contribution is 7.99. The minimum absolute atomic E-state index is 0.0193. The maximum absolute atomic E-state index is 13.2. The Morgan fingerprint density at radius 1 is 1.14 bits per heavy atom. The molecule has 3 rings (SSSR count). The van der Waals surface area contributed by atoms with Gasteiger partial charge >= 0.3 is 0 Å². The van der Waals surface area contributed by atoms with Crippen molar-refractivity contribution >= 4 is 40.2 Å². The molecule has 146 valence electrons. The van der Waals surface area contributed by atoms with Gasteiger partial charge in [0.2, 0.25) is 5.91 Å². The molecule has 0 aliphatic heterocycles. The first-order valence-corrected chi connectivity index (χ1v) is 10.5. The lowest BCUT2D eigenvalue weighted by molar-refractivity contribution is -0.127. The standard InChI is InChI=1S/C21H22ClN3O2S/c1-4-24(5-2)19(26)13-28-21-23-18-12-15(22)8-11-17(18)20(27)25(21)16-9-6-14(3)7-10-16/h6-12H,4-5,13H2,1-3H3. The Kier molecular flexibility index (Phi) is 6.42. The molecule has 0 fully saturated rings. The van der Waals surface area contributed by atoms with Crippen LogP contribution in [0.5, 0.6) is 0 Å². The van der Waals surface area contributed by atoms with Crippen LogP contribution in [-0.4, -0.2) is 39.2 Å². The van der Waals surface area contributed by atoms with Crippen molar-refractivity contribution < 1.29 is 4.79 Å². The van der Waals surface area contributed by atoms with Crippen LogP contribution in [-0.2, 0) is 4.79 Å². The van der Waals surface area contributed by atoms with Gasteiger partial charge < -0.3 is 4.90 Å². The van der Waals surface area contributed by atoms with Gasteiger partial charge in [0.15, 0.2) is 5.16 Å². The van der Waals surface area contributed by atoms with Crippen LogP contribution in [0.15, 0.2) is 52.4 Å². The largest absolute Gasteiger partial charge is 0.343 e. The maximum Gasteiger partial charge on any atom is 0.266 e. The quantitative estimate of drug-likeness (QED) is 0.444. The fourth-order valence-corrected chi connectivity index (χ4v) is 4.03. The van der Waals surface area contributed by atoms with E-state index >= 15 is 0 Å². The van der Waals surface area contributed by atoms with Crippen LogP contribution in [0.1, 0.15) is 19.4 Å². The van der Waals surface area contributed by atoms with Gasteiger partial charge in [0.05, 0.1) is 22.3 Å².